The van der Waals surface area contributed by atoms with Crippen LogP contribution in [0.2, 0.25) is 0 Å². The molecule has 0 aliphatic carbocycles. The number of rotatable bonds is 14. The molecule has 0 saturated heterocycles. The van der Waals surface area contributed by atoms with Gasteiger partial charge in [-0.1, -0.05) is 28.5 Å². The van der Waals surface area contributed by atoms with Crippen molar-refractivity contribution in [1.82, 2.24) is 45.0 Å². The van der Waals surface area contributed by atoms with Gasteiger partial charge < -0.3 is 29.5 Å². The van der Waals surface area contributed by atoms with E-state index in [1.807, 2.05) is 42.5 Å². The summed E-state index contributed by atoms with van der Waals surface area (Å²) in [7, 11) is 8.22. The molecule has 0 spiro atoms. The molecule has 42 heavy (non-hydrogen) atoms. The van der Waals surface area contributed by atoms with Crippen LogP contribution in [0, 0.1) is 0 Å². The van der Waals surface area contributed by atoms with Crippen molar-refractivity contribution in [3.05, 3.63) is 54.6 Å². The Kier molecular flexibility index (Phi) is 9.41. The fourth-order valence-corrected chi connectivity index (χ4v) is 4.07. The molecular weight excluding hydrogens is 534 g/mol. The van der Waals surface area contributed by atoms with Crippen LogP contribution in [0.4, 0.5) is 11.6 Å². The zero-order chi connectivity index (χ0) is 29.3. The van der Waals surface area contributed by atoms with Gasteiger partial charge in [0.05, 0.1) is 0 Å². The summed E-state index contributed by atoms with van der Waals surface area (Å²) >= 11 is 0. The Morgan fingerprint density at radius 3 is 1.43 bits per heavy atom. The highest BCUT2D eigenvalue weighted by Gasteiger charge is 2.17. The lowest BCUT2D eigenvalue weighted by Crippen LogP contribution is -2.16. The summed E-state index contributed by atoms with van der Waals surface area (Å²) in [5.41, 5.74) is 2.17. The first kappa shape index (κ1) is 28.8. The monoisotopic (exact) mass is 569 g/mol. The van der Waals surface area contributed by atoms with Crippen molar-refractivity contribution >= 4 is 11.6 Å². The van der Waals surface area contributed by atoms with E-state index >= 15 is 0 Å². The van der Waals surface area contributed by atoms with Crippen molar-refractivity contribution in [2.24, 2.45) is 0 Å². The third-order valence-electron chi connectivity index (χ3n) is 6.17. The third kappa shape index (κ3) is 7.71. The quantitative estimate of drug-likeness (QED) is 0.186. The third-order valence-corrected chi connectivity index (χ3v) is 6.17. The molecule has 13 heteroatoms. The maximum Gasteiger partial charge on any atom is 0.276 e. The summed E-state index contributed by atoms with van der Waals surface area (Å²) < 4.78 is 11.0. The average molecular weight is 570 g/mol. The minimum atomic E-state index is 0.303. The van der Waals surface area contributed by atoms with Gasteiger partial charge >= 0.3 is 0 Å². The van der Waals surface area contributed by atoms with E-state index in [0.29, 0.717) is 46.2 Å². The molecule has 13 nitrogen and oxygen atoms in total. The van der Waals surface area contributed by atoms with Gasteiger partial charge in [-0.2, -0.15) is 9.97 Å². The van der Waals surface area contributed by atoms with Crippen molar-refractivity contribution in [3.8, 4) is 46.2 Å². The zero-order valence-electron chi connectivity index (χ0n) is 24.3. The maximum atomic E-state index is 5.52. The van der Waals surface area contributed by atoms with Gasteiger partial charge in [0.1, 0.15) is 34.4 Å². The molecule has 0 amide bonds. The lowest BCUT2D eigenvalue weighted by atomic mass is 10.2. The first-order chi connectivity index (χ1) is 20.4. The van der Waals surface area contributed by atoms with Crippen LogP contribution < -0.4 is 10.6 Å². The molecule has 0 aliphatic heterocycles. The number of nitrogens with one attached hydrogen (secondary N) is 2. The van der Waals surface area contributed by atoms with E-state index in [-0.39, 0.29) is 0 Å². The lowest BCUT2D eigenvalue weighted by molar-refractivity contribution is 0.405. The van der Waals surface area contributed by atoms with Crippen molar-refractivity contribution in [3.63, 3.8) is 0 Å². The number of pyridine rings is 3. The Labute approximate surface area is 244 Å². The van der Waals surface area contributed by atoms with Crippen LogP contribution in [0.5, 0.6) is 0 Å². The van der Waals surface area contributed by atoms with Crippen LogP contribution in [-0.4, -0.2) is 99.4 Å². The number of hydrogen-bond donors (Lipinski definition) is 2. The van der Waals surface area contributed by atoms with Gasteiger partial charge in [0.2, 0.25) is 11.6 Å². The molecule has 0 saturated carbocycles. The molecule has 5 aromatic heterocycles. The van der Waals surface area contributed by atoms with Crippen molar-refractivity contribution in [2.45, 2.75) is 12.8 Å². The van der Waals surface area contributed by atoms with Gasteiger partial charge in [0.25, 0.3) is 11.8 Å². The zero-order valence-corrected chi connectivity index (χ0v) is 24.3. The van der Waals surface area contributed by atoms with E-state index < -0.39 is 0 Å². The summed E-state index contributed by atoms with van der Waals surface area (Å²) in [5, 5.41) is 14.9. The first-order valence-corrected chi connectivity index (χ1v) is 13.8. The number of aromatic nitrogens is 7. The molecule has 5 heterocycles. The highest BCUT2D eigenvalue weighted by Crippen LogP contribution is 2.25. The molecule has 218 valence electrons. The van der Waals surface area contributed by atoms with Crippen LogP contribution in [-0.2, 0) is 0 Å². The molecule has 5 aromatic rings. The van der Waals surface area contributed by atoms with Crippen molar-refractivity contribution < 1.29 is 9.05 Å². The summed E-state index contributed by atoms with van der Waals surface area (Å²) in [6.45, 7) is 3.62. The summed E-state index contributed by atoms with van der Waals surface area (Å²) in [5.74, 6) is 2.76. The van der Waals surface area contributed by atoms with Gasteiger partial charge in [0, 0.05) is 13.1 Å². The predicted molar refractivity (Wildman–Crippen MR) is 161 cm³/mol. The summed E-state index contributed by atoms with van der Waals surface area (Å²) in [4.78, 5) is 27.2. The summed E-state index contributed by atoms with van der Waals surface area (Å²) in [6, 6.07) is 16.7. The Bertz CT molecular complexity index is 1470. The van der Waals surface area contributed by atoms with Crippen molar-refractivity contribution in [2.75, 3.05) is 65.0 Å². The van der Waals surface area contributed by atoms with E-state index in [1.165, 1.54) is 0 Å². The van der Waals surface area contributed by atoms with E-state index in [9.17, 15) is 0 Å². The average Bonchev–Trinajstić information content (AvgIpc) is 3.69. The van der Waals surface area contributed by atoms with E-state index in [1.54, 1.807) is 12.1 Å². The molecule has 0 radical (unpaired) electrons. The molecule has 0 fully saturated rings. The van der Waals surface area contributed by atoms with Crippen LogP contribution in [0.15, 0.2) is 63.6 Å². The molecule has 5 rings (SSSR count). The van der Waals surface area contributed by atoms with E-state index in [2.05, 4.69) is 83.9 Å². The second-order valence-corrected chi connectivity index (χ2v) is 10.2. The van der Waals surface area contributed by atoms with Gasteiger partial charge in [0.15, 0.2) is 0 Å². The topological polar surface area (TPSA) is 147 Å². The Morgan fingerprint density at radius 2 is 0.976 bits per heavy atom. The van der Waals surface area contributed by atoms with E-state index in [0.717, 1.165) is 50.7 Å². The van der Waals surface area contributed by atoms with Crippen LogP contribution in [0.1, 0.15) is 12.8 Å². The molecule has 0 aromatic carbocycles. The fraction of sp³-hybridized carbons (Fsp3) is 0.345. The predicted octanol–water partition coefficient (Wildman–Crippen LogP) is 4.03. The van der Waals surface area contributed by atoms with E-state index in [4.69, 9.17) is 9.05 Å². The molecule has 0 unspecified atom stereocenters. The van der Waals surface area contributed by atoms with Gasteiger partial charge in [-0.25, -0.2) is 15.0 Å². The standard InChI is InChI=1S/C29H35N11O2/c1-39(2)18-8-16-30-24-14-6-12-22(33-24)28-35-26(37-41-28)20-10-5-11-21(32-20)27-36-29(42-38-27)23-13-7-15-25(34-23)31-17-9-19-40(3)4/h5-7,10-15H,8-9,16-19H2,1-4H3,(H,30,33)(H,31,34). The van der Waals surface area contributed by atoms with Crippen molar-refractivity contribution in [1.29, 1.82) is 0 Å². The van der Waals surface area contributed by atoms with Gasteiger partial charge in [-0.15, -0.1) is 0 Å². The fourth-order valence-electron chi connectivity index (χ4n) is 4.07. The normalized spacial score (nSPS) is 11.4. The maximum absolute atomic E-state index is 5.52. The van der Waals surface area contributed by atoms with Crippen LogP contribution >= 0.6 is 0 Å². The van der Waals surface area contributed by atoms with Gasteiger partial charge in [-0.05, 0) is 90.5 Å². The molecule has 2 N–H and O–H groups in total. The molecule has 0 atom stereocenters. The second kappa shape index (κ2) is 13.7. The first-order valence-electron chi connectivity index (χ1n) is 13.8. The largest absolute Gasteiger partial charge is 0.370 e. The van der Waals surface area contributed by atoms with Gasteiger partial charge in [-0.3, -0.25) is 0 Å². The number of nitrogens with zero attached hydrogens (tertiary/aromatic N) is 9. The minimum Gasteiger partial charge on any atom is -0.370 e. The Hall–Kier alpha value is -4.75. The highest BCUT2D eigenvalue weighted by molar-refractivity contribution is 5.61. The Morgan fingerprint density at radius 1 is 0.548 bits per heavy atom. The highest BCUT2D eigenvalue weighted by atomic mass is 16.5. The minimum absolute atomic E-state index is 0.303. The second-order valence-electron chi connectivity index (χ2n) is 10.2. The lowest BCUT2D eigenvalue weighted by Gasteiger charge is -2.10. The number of hydrogen-bond acceptors (Lipinski definition) is 13. The number of anilines is 2. The molecule has 0 bridgehead atoms. The molecule has 0 aliphatic rings. The summed E-state index contributed by atoms with van der Waals surface area (Å²) in [6.07, 6.45) is 2.01. The molecular formula is C29H35N11O2. The SMILES string of the molecule is CN(C)CCCNc1cccc(-c2nc(-c3cccc(-c4noc(-c5cccc(NCCCN(C)C)n5)n4)n3)no2)n1. The van der Waals surface area contributed by atoms with Crippen LogP contribution in [0.25, 0.3) is 46.2 Å². The Balaban J connectivity index is 1.26. The van der Waals surface area contributed by atoms with Crippen LogP contribution in [0.3, 0.4) is 0 Å². The smallest absolute Gasteiger partial charge is 0.276 e.